The summed E-state index contributed by atoms with van der Waals surface area (Å²) in [7, 11) is 7.86. The van der Waals surface area contributed by atoms with Crippen molar-refractivity contribution in [3.63, 3.8) is 0 Å². The minimum atomic E-state index is -1.32. The van der Waals surface area contributed by atoms with Crippen molar-refractivity contribution in [1.82, 2.24) is 14.6 Å². The molecule has 2 atom stereocenters. The topological polar surface area (TPSA) is 78.2 Å². The zero-order chi connectivity index (χ0) is 26.0. The van der Waals surface area contributed by atoms with E-state index >= 15 is 4.39 Å². The fraction of sp³-hybridized carbons (Fsp3) is 0.409. The Balaban J connectivity index is 1.33. The molecule has 2 aromatic heterocycles. The van der Waals surface area contributed by atoms with Gasteiger partial charge in [0.15, 0.2) is 29.1 Å². The molecule has 4 heterocycles. The van der Waals surface area contributed by atoms with E-state index in [1.807, 2.05) is 31.4 Å². The maximum absolute atomic E-state index is 15.3. The lowest BCUT2D eigenvalue weighted by atomic mass is 9.41. The summed E-state index contributed by atoms with van der Waals surface area (Å²) < 4.78 is 48.6. The summed E-state index contributed by atoms with van der Waals surface area (Å²) >= 11 is 0. The second-order valence-corrected chi connectivity index (χ2v) is 10.5. The molecule has 184 valence electrons. The maximum Gasteiger partial charge on any atom is 0.310 e. The lowest BCUT2D eigenvalue weighted by Gasteiger charge is -2.47. The van der Waals surface area contributed by atoms with Crippen molar-refractivity contribution >= 4 is 42.9 Å². The number of anilines is 1. The van der Waals surface area contributed by atoms with Crippen LogP contribution in [-0.4, -0.2) is 82.1 Å². The number of hydrogen-bond acceptors (Lipinski definition) is 7. The number of alkyl halides is 1. The van der Waals surface area contributed by atoms with E-state index in [2.05, 4.69) is 10.1 Å². The first kappa shape index (κ1) is 24.5. The number of aryl methyl sites for hydroxylation is 2. The third kappa shape index (κ3) is 4.10. The molecule has 0 spiro atoms. The van der Waals surface area contributed by atoms with Gasteiger partial charge < -0.3 is 19.1 Å². The predicted octanol–water partition coefficient (Wildman–Crippen LogP) is -1.55. The smallest absolute Gasteiger partial charge is 0.310 e. The molecule has 8 nitrogen and oxygen atoms in total. The summed E-state index contributed by atoms with van der Waals surface area (Å²) in [5, 5.41) is 3.23. The quantitative estimate of drug-likeness (QED) is 0.411. The summed E-state index contributed by atoms with van der Waals surface area (Å²) in [6.45, 7) is 3.71. The highest BCUT2D eigenvalue weighted by molar-refractivity contribution is 6.53. The molecule has 2 aliphatic rings. The Morgan fingerprint density at radius 3 is 2.50 bits per heavy atom. The summed E-state index contributed by atoms with van der Waals surface area (Å²) in [5.41, 5.74) is 0.110. The van der Waals surface area contributed by atoms with Crippen molar-refractivity contribution in [3.8, 4) is 17.2 Å². The Morgan fingerprint density at radius 2 is 1.81 bits per heavy atom. The van der Waals surface area contributed by atoms with Crippen molar-refractivity contribution in [2.45, 2.75) is 43.3 Å². The standard InChI is InChI=1S/C22H26B4F2N4O4/c1-10-7-17-29-11(2)18(28)20(33)32(17)30-19(10)31-6-5-14(13(27)9-31)34-12-3-4-15-16(8-12)36-22(25,26)21(23,24)35-15/h3-4,7-8,13-14H,5-6,9,23-26H2,1-2H3/t13-,14-/m0/s1. The van der Waals surface area contributed by atoms with Gasteiger partial charge in [0.1, 0.15) is 43.2 Å². The van der Waals surface area contributed by atoms with Gasteiger partial charge in [-0.1, -0.05) is 0 Å². The van der Waals surface area contributed by atoms with Crippen molar-refractivity contribution in [3.05, 3.63) is 51.7 Å². The van der Waals surface area contributed by atoms with Crippen LogP contribution in [0.3, 0.4) is 0 Å². The molecule has 0 unspecified atom stereocenters. The Labute approximate surface area is 210 Å². The normalized spacial score (nSPS) is 22.4. The molecule has 0 bridgehead atoms. The number of fused-ring (bicyclic) bond motifs is 2. The molecule has 14 heteroatoms. The van der Waals surface area contributed by atoms with E-state index in [0.717, 1.165) is 10.1 Å². The number of hydrogen-bond donors (Lipinski definition) is 0. The Bertz CT molecular complexity index is 1420. The van der Waals surface area contributed by atoms with E-state index in [1.165, 1.54) is 6.92 Å². The zero-order valence-electron chi connectivity index (χ0n) is 21.3. The van der Waals surface area contributed by atoms with Gasteiger partial charge in [0.05, 0.1) is 23.0 Å². The van der Waals surface area contributed by atoms with Crippen LogP contribution >= 0.6 is 0 Å². The van der Waals surface area contributed by atoms with Gasteiger partial charge in [0.2, 0.25) is 5.82 Å². The van der Waals surface area contributed by atoms with Gasteiger partial charge in [-0.2, -0.15) is 8.91 Å². The average Bonchev–Trinajstić information content (AvgIpc) is 2.79. The lowest BCUT2D eigenvalue weighted by molar-refractivity contribution is 0.0587. The molecule has 36 heavy (non-hydrogen) atoms. The molecule has 0 amide bonds. The molecule has 5 rings (SSSR count). The third-order valence-corrected chi connectivity index (χ3v) is 7.25. The number of piperidine rings is 1. The van der Waals surface area contributed by atoms with Crippen LogP contribution < -0.4 is 24.7 Å². The van der Waals surface area contributed by atoms with Gasteiger partial charge in [0, 0.05) is 19.0 Å². The van der Waals surface area contributed by atoms with E-state index in [9.17, 15) is 9.18 Å². The molecular weight excluding hydrogens is 466 g/mol. The molecule has 2 aliphatic heterocycles. The number of nitrogens with zero attached hydrogens (tertiary/aromatic N) is 4. The summed E-state index contributed by atoms with van der Waals surface area (Å²) in [6.07, 6.45) is -1.59. The first-order valence-corrected chi connectivity index (χ1v) is 12.0. The van der Waals surface area contributed by atoms with Gasteiger partial charge in [-0.05, 0) is 37.6 Å². The van der Waals surface area contributed by atoms with Gasteiger partial charge in [0.25, 0.3) is 0 Å². The fourth-order valence-corrected chi connectivity index (χ4v) is 4.46. The Kier molecular flexibility index (Phi) is 5.76. The Morgan fingerprint density at radius 1 is 1.11 bits per heavy atom. The largest absolute Gasteiger partial charge is 0.499 e. The summed E-state index contributed by atoms with van der Waals surface area (Å²) in [4.78, 5) is 18.2. The number of ether oxygens (including phenoxy) is 3. The van der Waals surface area contributed by atoms with Crippen molar-refractivity contribution < 1.29 is 23.0 Å². The van der Waals surface area contributed by atoms with Crippen LogP contribution in [0.15, 0.2) is 29.1 Å². The average molecular weight is 492 g/mol. The monoisotopic (exact) mass is 492 g/mol. The van der Waals surface area contributed by atoms with Crippen molar-refractivity contribution in [2.75, 3.05) is 18.0 Å². The van der Waals surface area contributed by atoms with E-state index in [1.54, 1.807) is 36.1 Å². The van der Waals surface area contributed by atoms with Gasteiger partial charge >= 0.3 is 5.56 Å². The fourth-order valence-electron chi connectivity index (χ4n) is 4.46. The molecule has 0 N–H and O–H groups in total. The molecule has 0 radical (unpaired) electrons. The molecule has 0 saturated carbocycles. The molecule has 1 aromatic carbocycles. The number of benzene rings is 1. The van der Waals surface area contributed by atoms with E-state index < -0.39 is 34.5 Å². The van der Waals surface area contributed by atoms with Crippen molar-refractivity contribution in [1.29, 1.82) is 0 Å². The van der Waals surface area contributed by atoms with E-state index in [-0.39, 0.29) is 17.9 Å². The first-order chi connectivity index (χ1) is 16.9. The van der Waals surface area contributed by atoms with Gasteiger partial charge in [-0.3, -0.25) is 4.79 Å². The van der Waals surface area contributed by atoms with E-state index in [0.29, 0.717) is 36.0 Å². The number of halogens is 2. The molecule has 3 aromatic rings. The van der Waals surface area contributed by atoms with Crippen LogP contribution in [0.4, 0.5) is 14.6 Å². The van der Waals surface area contributed by atoms with Crippen LogP contribution in [0.2, 0.25) is 0 Å². The first-order valence-electron chi connectivity index (χ1n) is 12.0. The molecular formula is C22H26B4F2N4O4. The zero-order valence-corrected chi connectivity index (χ0v) is 21.3. The van der Waals surface area contributed by atoms with Crippen LogP contribution in [-0.2, 0) is 0 Å². The van der Waals surface area contributed by atoms with Crippen LogP contribution in [0.25, 0.3) is 5.65 Å². The van der Waals surface area contributed by atoms with Gasteiger partial charge in [-0.25, -0.2) is 9.37 Å². The SMILES string of the molecule is BC1(B)Oc2ccc(O[C@H]3CCN(c4nn5c(=O)c(F)c(C)nc5cc4C)C[C@@H]3F)cc2OC1(B)B. The molecule has 1 fully saturated rings. The summed E-state index contributed by atoms with van der Waals surface area (Å²) in [6, 6.07) is 6.92. The maximum atomic E-state index is 15.3. The number of rotatable bonds is 3. The minimum Gasteiger partial charge on any atom is -0.499 e. The van der Waals surface area contributed by atoms with Gasteiger partial charge in [-0.15, -0.1) is 5.10 Å². The van der Waals surface area contributed by atoms with Crippen molar-refractivity contribution in [2.24, 2.45) is 0 Å². The highest BCUT2D eigenvalue weighted by atomic mass is 19.1. The predicted molar refractivity (Wildman–Crippen MR) is 142 cm³/mol. The third-order valence-electron chi connectivity index (χ3n) is 7.25. The number of aromatic nitrogens is 3. The second-order valence-electron chi connectivity index (χ2n) is 10.5. The highest BCUT2D eigenvalue weighted by Crippen LogP contribution is 2.41. The highest BCUT2D eigenvalue weighted by Gasteiger charge is 2.44. The molecule has 0 aliphatic carbocycles. The Hall–Kier alpha value is -3.17. The molecule has 1 saturated heterocycles. The minimum absolute atomic E-state index is 0.0159. The lowest BCUT2D eigenvalue weighted by Crippen LogP contribution is -2.65. The van der Waals surface area contributed by atoms with Crippen LogP contribution in [0.1, 0.15) is 17.7 Å². The van der Waals surface area contributed by atoms with Crippen LogP contribution in [0.5, 0.6) is 17.2 Å². The summed E-state index contributed by atoms with van der Waals surface area (Å²) in [5.74, 6) is 1.14. The van der Waals surface area contributed by atoms with E-state index in [4.69, 9.17) is 14.2 Å². The van der Waals surface area contributed by atoms with Crippen LogP contribution in [0, 0.1) is 19.7 Å². The second kappa shape index (κ2) is 8.45.